The first-order valence-electron chi connectivity index (χ1n) is 8.27. The monoisotopic (exact) mass is 294 g/mol. The van der Waals surface area contributed by atoms with Crippen molar-refractivity contribution in [3.05, 3.63) is 0 Å². The van der Waals surface area contributed by atoms with E-state index in [1.807, 2.05) is 0 Å². The average Bonchev–Trinajstić information content (AvgIpc) is 2.41. The van der Waals surface area contributed by atoms with E-state index in [-0.39, 0.29) is 18.4 Å². The first kappa shape index (κ1) is 14.8. The van der Waals surface area contributed by atoms with Crippen molar-refractivity contribution in [2.24, 2.45) is 17.8 Å². The van der Waals surface area contributed by atoms with Crippen molar-refractivity contribution in [3.8, 4) is 0 Å². The number of amides is 2. The molecule has 5 nitrogen and oxygen atoms in total. The van der Waals surface area contributed by atoms with Gasteiger partial charge in [-0.05, 0) is 37.0 Å². The second kappa shape index (κ2) is 5.59. The number of carbonyl (C=O) groups is 2. The lowest BCUT2D eigenvalue weighted by Crippen LogP contribution is -3.00. The van der Waals surface area contributed by atoms with Crippen LogP contribution in [-0.2, 0) is 9.59 Å². The van der Waals surface area contributed by atoms with Crippen LogP contribution >= 0.6 is 0 Å². The van der Waals surface area contributed by atoms with Crippen LogP contribution in [0.15, 0.2) is 0 Å². The molecule has 21 heavy (non-hydrogen) atoms. The zero-order valence-electron chi connectivity index (χ0n) is 13.2. The van der Waals surface area contributed by atoms with Crippen LogP contribution in [0.3, 0.4) is 0 Å². The SMILES string of the molecule is CN(C)C(=O)CNC(=O)C[NH2+]C12CC3CC(CC(C3)C1)C2. The van der Waals surface area contributed by atoms with Crippen molar-refractivity contribution in [1.82, 2.24) is 10.2 Å². The van der Waals surface area contributed by atoms with Gasteiger partial charge in [-0.2, -0.15) is 0 Å². The molecule has 0 aliphatic heterocycles. The van der Waals surface area contributed by atoms with Crippen LogP contribution in [0.4, 0.5) is 0 Å². The Labute approximate surface area is 126 Å². The van der Waals surface area contributed by atoms with Gasteiger partial charge in [0.05, 0.1) is 12.1 Å². The van der Waals surface area contributed by atoms with Gasteiger partial charge in [-0.3, -0.25) is 9.59 Å². The van der Waals surface area contributed by atoms with Crippen molar-refractivity contribution < 1.29 is 14.9 Å². The van der Waals surface area contributed by atoms with E-state index in [9.17, 15) is 9.59 Å². The Morgan fingerprint density at radius 1 is 1.10 bits per heavy atom. The Morgan fingerprint density at radius 3 is 2.10 bits per heavy atom. The van der Waals surface area contributed by atoms with Gasteiger partial charge in [0.1, 0.15) is 0 Å². The summed E-state index contributed by atoms with van der Waals surface area (Å²) >= 11 is 0. The fourth-order valence-electron chi connectivity index (χ4n) is 5.14. The molecule has 0 saturated heterocycles. The maximum absolute atomic E-state index is 12.0. The van der Waals surface area contributed by atoms with Crippen LogP contribution in [0, 0.1) is 17.8 Å². The summed E-state index contributed by atoms with van der Waals surface area (Å²) in [6.07, 6.45) is 8.17. The fraction of sp³-hybridized carbons (Fsp3) is 0.875. The molecule has 0 aromatic rings. The lowest BCUT2D eigenvalue weighted by atomic mass is 9.53. The molecular formula is C16H28N3O2+. The lowest BCUT2D eigenvalue weighted by Gasteiger charge is -2.54. The molecule has 4 saturated carbocycles. The van der Waals surface area contributed by atoms with E-state index in [4.69, 9.17) is 0 Å². The number of quaternary nitrogens is 1. The minimum absolute atomic E-state index is 0.0130. The molecule has 2 amide bonds. The van der Waals surface area contributed by atoms with Gasteiger partial charge in [-0.1, -0.05) is 0 Å². The molecule has 0 aromatic carbocycles. The highest BCUT2D eigenvalue weighted by Gasteiger charge is 2.53. The summed E-state index contributed by atoms with van der Waals surface area (Å²) in [7, 11) is 3.41. The third kappa shape index (κ3) is 3.23. The molecule has 0 spiro atoms. The lowest BCUT2D eigenvalue weighted by molar-refractivity contribution is -0.730. The summed E-state index contributed by atoms with van der Waals surface area (Å²) < 4.78 is 0. The molecule has 3 N–H and O–H groups in total. The number of nitrogens with one attached hydrogen (secondary N) is 1. The molecule has 0 unspecified atom stereocenters. The highest BCUT2D eigenvalue weighted by atomic mass is 16.2. The third-order valence-electron chi connectivity index (χ3n) is 5.74. The van der Waals surface area contributed by atoms with Gasteiger partial charge >= 0.3 is 0 Å². The number of hydrogen-bond donors (Lipinski definition) is 2. The van der Waals surface area contributed by atoms with Crippen molar-refractivity contribution in [3.63, 3.8) is 0 Å². The summed E-state index contributed by atoms with van der Waals surface area (Å²) in [4.78, 5) is 24.9. The van der Waals surface area contributed by atoms with E-state index in [0.717, 1.165) is 17.8 Å². The van der Waals surface area contributed by atoms with Gasteiger partial charge in [0, 0.05) is 33.4 Å². The van der Waals surface area contributed by atoms with Gasteiger partial charge in [-0.15, -0.1) is 0 Å². The normalized spacial score (nSPS) is 36.6. The molecule has 4 aliphatic rings. The maximum Gasteiger partial charge on any atom is 0.275 e. The largest absolute Gasteiger partial charge is 0.347 e. The minimum Gasteiger partial charge on any atom is -0.347 e. The molecule has 0 heterocycles. The Morgan fingerprint density at radius 2 is 1.62 bits per heavy atom. The summed E-state index contributed by atoms with van der Waals surface area (Å²) in [5.74, 6) is 2.65. The quantitative estimate of drug-likeness (QED) is 0.732. The topological polar surface area (TPSA) is 66.0 Å². The third-order valence-corrected chi connectivity index (χ3v) is 5.74. The number of nitrogens with zero attached hydrogens (tertiary/aromatic N) is 1. The van der Waals surface area contributed by atoms with Crippen LogP contribution in [0.5, 0.6) is 0 Å². The van der Waals surface area contributed by atoms with Crippen molar-refractivity contribution >= 4 is 11.8 Å². The zero-order valence-corrected chi connectivity index (χ0v) is 13.2. The molecule has 4 fully saturated rings. The summed E-state index contributed by atoms with van der Waals surface area (Å²) in [5.41, 5.74) is 0.331. The second-order valence-corrected chi connectivity index (χ2v) is 7.75. The molecule has 4 aliphatic carbocycles. The summed E-state index contributed by atoms with van der Waals surface area (Å²) in [5, 5.41) is 5.02. The first-order valence-corrected chi connectivity index (χ1v) is 8.27. The van der Waals surface area contributed by atoms with Crippen LogP contribution < -0.4 is 10.6 Å². The number of hydrogen-bond acceptors (Lipinski definition) is 2. The summed E-state index contributed by atoms with van der Waals surface area (Å²) in [6, 6.07) is 0. The van der Waals surface area contributed by atoms with Crippen molar-refractivity contribution in [1.29, 1.82) is 0 Å². The molecule has 4 bridgehead atoms. The minimum atomic E-state index is -0.0573. The van der Waals surface area contributed by atoms with Gasteiger partial charge in [0.15, 0.2) is 6.54 Å². The molecule has 5 heteroatoms. The van der Waals surface area contributed by atoms with Gasteiger partial charge in [0.2, 0.25) is 5.91 Å². The van der Waals surface area contributed by atoms with E-state index in [0.29, 0.717) is 12.1 Å². The highest BCUT2D eigenvalue weighted by molar-refractivity contribution is 5.84. The van der Waals surface area contributed by atoms with Crippen molar-refractivity contribution in [2.75, 3.05) is 27.2 Å². The molecule has 4 rings (SSSR count). The van der Waals surface area contributed by atoms with Crippen LogP contribution in [0.1, 0.15) is 38.5 Å². The van der Waals surface area contributed by atoms with Gasteiger partial charge in [-0.25, -0.2) is 0 Å². The molecule has 118 valence electrons. The fourth-order valence-corrected chi connectivity index (χ4v) is 5.14. The average molecular weight is 294 g/mol. The maximum atomic E-state index is 12.0. The standard InChI is InChI=1S/C16H27N3O2/c1-19(2)15(21)10-17-14(20)9-18-16-6-11-3-12(7-16)5-13(4-11)8-16/h11-13,18H,3-10H2,1-2H3,(H,17,20)/p+1. The second-order valence-electron chi connectivity index (χ2n) is 7.75. The highest BCUT2D eigenvalue weighted by Crippen LogP contribution is 2.54. The first-order chi connectivity index (χ1) is 9.96. The Hall–Kier alpha value is -1.10. The predicted molar refractivity (Wildman–Crippen MR) is 79.4 cm³/mol. The molecular weight excluding hydrogens is 266 g/mol. The Bertz CT molecular complexity index is 398. The molecule has 0 aromatic heterocycles. The Kier molecular flexibility index (Phi) is 3.95. The Balaban J connectivity index is 1.47. The van der Waals surface area contributed by atoms with Crippen molar-refractivity contribution in [2.45, 2.75) is 44.1 Å². The predicted octanol–water partition coefficient (Wildman–Crippen LogP) is -0.277. The van der Waals surface area contributed by atoms with Gasteiger partial charge < -0.3 is 15.5 Å². The van der Waals surface area contributed by atoms with E-state index in [1.54, 1.807) is 14.1 Å². The number of nitrogens with two attached hydrogens (primary N) is 1. The van der Waals surface area contributed by atoms with Gasteiger partial charge in [0.25, 0.3) is 5.91 Å². The van der Waals surface area contributed by atoms with Crippen LogP contribution in [0.2, 0.25) is 0 Å². The summed E-state index contributed by atoms with van der Waals surface area (Å²) in [6.45, 7) is 0.577. The molecule has 0 radical (unpaired) electrons. The van der Waals surface area contributed by atoms with Crippen LogP contribution in [-0.4, -0.2) is 49.4 Å². The van der Waals surface area contributed by atoms with E-state index < -0.39 is 0 Å². The number of likely N-dealkylation sites (N-methyl/N-ethyl adjacent to an activating group) is 1. The smallest absolute Gasteiger partial charge is 0.275 e. The van der Waals surface area contributed by atoms with E-state index in [2.05, 4.69) is 10.6 Å². The molecule has 0 atom stereocenters. The zero-order chi connectivity index (χ0) is 15.0. The van der Waals surface area contributed by atoms with E-state index in [1.165, 1.54) is 43.4 Å². The van der Waals surface area contributed by atoms with E-state index >= 15 is 0 Å². The number of rotatable bonds is 5. The number of carbonyl (C=O) groups excluding carboxylic acids is 2. The van der Waals surface area contributed by atoms with Crippen LogP contribution in [0.25, 0.3) is 0 Å².